The van der Waals surface area contributed by atoms with Crippen molar-refractivity contribution < 1.29 is 13.4 Å². The topological polar surface area (TPSA) is 3.24 Å². The molecule has 0 rings (SSSR count). The first-order valence-corrected chi connectivity index (χ1v) is 1.39. The van der Waals surface area contributed by atoms with Gasteiger partial charge in [0.1, 0.15) is 0 Å². The summed E-state index contributed by atoms with van der Waals surface area (Å²) in [6, 6.07) is 0. The molecule has 0 aromatic carbocycles. The average Bonchev–Trinajstić information content (AvgIpc) is 1.36. The first-order chi connectivity index (χ1) is 2.64. The molecule has 0 heterocycles. The molecule has 0 aromatic heterocycles. The fourth-order valence-corrected chi connectivity index (χ4v) is 0. The maximum Gasteiger partial charge on any atom is 0.209 e. The van der Waals surface area contributed by atoms with E-state index >= 15 is 0 Å². The van der Waals surface area contributed by atoms with Gasteiger partial charge >= 0.3 is 0 Å². The summed E-state index contributed by atoms with van der Waals surface area (Å²) in [4.78, 5) is 0. The summed E-state index contributed by atoms with van der Waals surface area (Å²) < 4.78 is 32.2. The van der Waals surface area contributed by atoms with Crippen molar-refractivity contribution in [2.75, 3.05) is 0 Å². The van der Waals surface area contributed by atoms with E-state index in [4.69, 9.17) is 0 Å². The largest absolute Gasteiger partial charge is 0.225 e. The molecule has 0 aliphatic heterocycles. The Morgan fingerprint density at radius 1 is 1.43 bits per heavy atom. The third-order valence-electron chi connectivity index (χ3n) is 0.269. The molecule has 0 aliphatic rings. The lowest BCUT2D eigenvalue weighted by Crippen LogP contribution is -2.08. The van der Waals surface area contributed by atoms with Gasteiger partial charge in [-0.2, -0.15) is 0 Å². The number of halogens is 3. The van der Waals surface area contributed by atoms with Crippen LogP contribution in [0.4, 0.5) is 13.4 Å². The van der Waals surface area contributed by atoms with E-state index in [9.17, 15) is 13.4 Å². The molecule has 0 aromatic rings. The molecule has 1 nitrogen and oxygen atoms in total. The quantitative estimate of drug-likeness (QED) is 0.276. The molecule has 0 fully saturated rings. The van der Waals surface area contributed by atoms with Crippen LogP contribution in [0.2, 0.25) is 0 Å². The number of nitrogens with zero attached hydrogens (tertiary/aromatic N) is 1. The van der Waals surface area contributed by atoms with Crippen molar-refractivity contribution in [1.82, 2.24) is 5.34 Å². The first-order valence-electron chi connectivity index (χ1n) is 1.39. The van der Waals surface area contributed by atoms with Crippen LogP contribution in [-0.4, -0.2) is 20.1 Å². The third-order valence-corrected chi connectivity index (χ3v) is 0.269. The Bertz CT molecular complexity index is 33.9. The zero-order chi connectivity index (χ0) is 5.15. The van der Waals surface area contributed by atoms with E-state index in [1.807, 2.05) is 0 Å². The minimum Gasteiger partial charge on any atom is -0.225 e. The molecular formula is C2H4BF3N. The van der Waals surface area contributed by atoms with Crippen LogP contribution in [0.25, 0.3) is 0 Å². The lowest BCUT2D eigenvalue weighted by molar-refractivity contribution is -0.217. The van der Waals surface area contributed by atoms with E-state index in [1.165, 1.54) is 0 Å². The van der Waals surface area contributed by atoms with Crippen LogP contribution in [-0.2, 0) is 0 Å². The molecule has 7 heavy (non-hydrogen) atoms. The predicted molar refractivity (Wildman–Crippen MR) is 20.4 cm³/mol. The zero-order valence-corrected chi connectivity index (χ0v) is 3.74. The molecule has 0 spiro atoms. The van der Waals surface area contributed by atoms with Gasteiger partial charge in [0.2, 0.25) is 6.30 Å². The van der Waals surface area contributed by atoms with Gasteiger partial charge in [-0.1, -0.05) is 8.96 Å². The molecule has 1 atom stereocenters. The van der Waals surface area contributed by atoms with Gasteiger partial charge in [0.25, 0.3) is 0 Å². The van der Waals surface area contributed by atoms with E-state index < -0.39 is 11.6 Å². The SMILES string of the molecule is CC(F)N(F)F.[B]. The highest BCUT2D eigenvalue weighted by Crippen LogP contribution is 1.98. The van der Waals surface area contributed by atoms with Crippen molar-refractivity contribution in [3.05, 3.63) is 0 Å². The molecule has 5 heteroatoms. The van der Waals surface area contributed by atoms with Crippen molar-refractivity contribution in [1.29, 1.82) is 0 Å². The second-order valence-corrected chi connectivity index (χ2v) is 0.833. The highest BCUT2D eigenvalue weighted by Gasteiger charge is 2.06. The Labute approximate surface area is 41.6 Å². The van der Waals surface area contributed by atoms with Gasteiger partial charge in [-0.3, -0.25) is 0 Å². The summed E-state index contributed by atoms with van der Waals surface area (Å²) >= 11 is 0. The molecule has 3 radical (unpaired) electrons. The van der Waals surface area contributed by atoms with Crippen molar-refractivity contribution in [2.24, 2.45) is 0 Å². The van der Waals surface area contributed by atoms with Crippen LogP contribution in [0, 0.1) is 0 Å². The summed E-state index contributed by atoms with van der Waals surface area (Å²) in [5.41, 5.74) is 0. The molecular weight excluding hydrogens is 106 g/mol. The molecule has 0 amide bonds. The summed E-state index contributed by atoms with van der Waals surface area (Å²) in [5.74, 6) is 0. The van der Waals surface area contributed by atoms with Gasteiger partial charge in [0.05, 0.1) is 5.34 Å². The number of alkyl halides is 1. The van der Waals surface area contributed by atoms with Crippen molar-refractivity contribution in [2.45, 2.75) is 13.2 Å². The highest BCUT2D eigenvalue weighted by molar-refractivity contribution is 5.75. The molecule has 0 aliphatic carbocycles. The first kappa shape index (κ1) is 9.94. The van der Waals surface area contributed by atoms with Crippen molar-refractivity contribution in [3.8, 4) is 0 Å². The molecule has 0 saturated heterocycles. The average molecular weight is 110 g/mol. The van der Waals surface area contributed by atoms with Gasteiger partial charge < -0.3 is 0 Å². The summed E-state index contributed by atoms with van der Waals surface area (Å²) in [5, 5.41) is -1.50. The molecule has 0 N–H and O–H groups in total. The Balaban J connectivity index is 0. The van der Waals surface area contributed by atoms with E-state index in [0.717, 1.165) is 6.92 Å². The fourth-order valence-electron chi connectivity index (χ4n) is 0. The van der Waals surface area contributed by atoms with Gasteiger partial charge in [-0.05, 0) is 6.92 Å². The summed E-state index contributed by atoms with van der Waals surface area (Å²) in [7, 11) is 0. The maximum absolute atomic E-state index is 11.0. The Kier molecular flexibility index (Phi) is 5.66. The molecule has 0 saturated carbocycles. The number of rotatable bonds is 1. The predicted octanol–water partition coefficient (Wildman–Crippen LogP) is 0.992. The van der Waals surface area contributed by atoms with E-state index in [1.54, 1.807) is 0 Å². The number of hydrogen-bond donors (Lipinski definition) is 0. The number of hydrogen-bond acceptors (Lipinski definition) is 1. The molecule has 0 bridgehead atoms. The lowest BCUT2D eigenvalue weighted by atomic mass is 10.8. The molecule has 41 valence electrons. The second-order valence-electron chi connectivity index (χ2n) is 0.833. The summed E-state index contributed by atoms with van der Waals surface area (Å²) in [6.07, 6.45) is -2.15. The van der Waals surface area contributed by atoms with Crippen LogP contribution < -0.4 is 0 Å². The van der Waals surface area contributed by atoms with Gasteiger partial charge in [0, 0.05) is 8.41 Å². The van der Waals surface area contributed by atoms with Gasteiger partial charge in [-0.15, -0.1) is 0 Å². The van der Waals surface area contributed by atoms with Gasteiger partial charge in [-0.25, -0.2) is 4.39 Å². The second kappa shape index (κ2) is 3.99. The van der Waals surface area contributed by atoms with Crippen LogP contribution in [0.3, 0.4) is 0 Å². The third kappa shape index (κ3) is 5.81. The minimum atomic E-state index is -2.15. The van der Waals surface area contributed by atoms with E-state index in [-0.39, 0.29) is 8.41 Å². The Hall–Kier alpha value is -0.185. The zero-order valence-electron chi connectivity index (χ0n) is 3.74. The van der Waals surface area contributed by atoms with E-state index in [0.29, 0.717) is 0 Å². The highest BCUT2D eigenvalue weighted by atomic mass is 19.4. The summed E-state index contributed by atoms with van der Waals surface area (Å²) in [6.45, 7) is 0.750. The standard InChI is InChI=1S/C2H4F3N.B/c1-2(3)6(4)5;/h2H,1H3;. The Morgan fingerprint density at radius 3 is 1.57 bits per heavy atom. The normalized spacial score (nSPS) is 13.3. The van der Waals surface area contributed by atoms with Gasteiger partial charge in [0.15, 0.2) is 0 Å². The van der Waals surface area contributed by atoms with Crippen molar-refractivity contribution in [3.63, 3.8) is 0 Å². The van der Waals surface area contributed by atoms with Crippen LogP contribution >= 0.6 is 0 Å². The lowest BCUT2D eigenvalue weighted by Gasteiger charge is -1.95. The fraction of sp³-hybridized carbons (Fsp3) is 1.00. The Morgan fingerprint density at radius 2 is 1.57 bits per heavy atom. The maximum atomic E-state index is 11.0. The molecule has 1 unspecified atom stereocenters. The van der Waals surface area contributed by atoms with Crippen LogP contribution in [0.15, 0.2) is 0 Å². The van der Waals surface area contributed by atoms with E-state index in [2.05, 4.69) is 0 Å². The minimum absolute atomic E-state index is 0. The monoisotopic (exact) mass is 110 g/mol. The van der Waals surface area contributed by atoms with Crippen LogP contribution in [0.1, 0.15) is 6.92 Å². The smallest absolute Gasteiger partial charge is 0.209 e. The van der Waals surface area contributed by atoms with Crippen LogP contribution in [0.5, 0.6) is 0 Å². The van der Waals surface area contributed by atoms with Crippen molar-refractivity contribution >= 4 is 8.41 Å².